The zero-order chi connectivity index (χ0) is 11.4. The minimum Gasteiger partial charge on any atom is -0.407 e. The Labute approximate surface area is 100.0 Å². The summed E-state index contributed by atoms with van der Waals surface area (Å²) in [6, 6.07) is 1.18. The first-order chi connectivity index (χ1) is 7.81. The van der Waals surface area contributed by atoms with Gasteiger partial charge < -0.3 is 14.6 Å². The van der Waals surface area contributed by atoms with Gasteiger partial charge in [0.25, 0.3) is 0 Å². The van der Waals surface area contributed by atoms with Crippen LogP contribution in [0.25, 0.3) is 0 Å². The summed E-state index contributed by atoms with van der Waals surface area (Å²) in [5.74, 6) is 3.05. The van der Waals surface area contributed by atoms with Gasteiger partial charge in [0, 0.05) is 18.8 Å². The molecule has 0 bridgehead atoms. The summed E-state index contributed by atoms with van der Waals surface area (Å²) in [5, 5.41) is 11.3. The number of rotatable bonds is 5. The largest absolute Gasteiger partial charge is 0.407 e. The number of anilines is 1. The summed E-state index contributed by atoms with van der Waals surface area (Å²) in [6.45, 7) is 3.61. The van der Waals surface area contributed by atoms with Gasteiger partial charge >= 0.3 is 6.01 Å². The highest BCUT2D eigenvalue weighted by Crippen LogP contribution is 2.24. The predicted octanol–water partition coefficient (Wildman–Crippen LogP) is 1.12. The molecule has 1 fully saturated rings. The predicted molar refractivity (Wildman–Crippen MR) is 65.8 cm³/mol. The van der Waals surface area contributed by atoms with E-state index in [2.05, 4.69) is 27.3 Å². The van der Waals surface area contributed by atoms with Gasteiger partial charge in [0.15, 0.2) is 0 Å². The zero-order valence-corrected chi connectivity index (χ0v) is 10.6. The first-order valence-corrected chi connectivity index (χ1v) is 6.80. The highest BCUT2D eigenvalue weighted by Gasteiger charge is 2.23. The van der Waals surface area contributed by atoms with Gasteiger partial charge in [-0.05, 0) is 18.7 Å². The van der Waals surface area contributed by atoms with Gasteiger partial charge in [-0.3, -0.25) is 0 Å². The van der Waals surface area contributed by atoms with Crippen molar-refractivity contribution in [1.29, 1.82) is 0 Å². The van der Waals surface area contributed by atoms with Gasteiger partial charge in [0.1, 0.15) is 0 Å². The van der Waals surface area contributed by atoms with Gasteiger partial charge in [0.2, 0.25) is 5.89 Å². The van der Waals surface area contributed by atoms with E-state index in [0.29, 0.717) is 24.5 Å². The Bertz CT molecular complexity index is 324. The molecule has 0 aromatic carbocycles. The molecule has 1 unspecified atom stereocenters. The van der Waals surface area contributed by atoms with Crippen molar-refractivity contribution in [3.63, 3.8) is 0 Å². The average Bonchev–Trinajstić information content (AvgIpc) is 2.96. The fraction of sp³-hybridized carbons (Fsp3) is 0.800. The van der Waals surface area contributed by atoms with Crippen LogP contribution in [0, 0.1) is 0 Å². The summed E-state index contributed by atoms with van der Waals surface area (Å²) in [5.41, 5.74) is 0. The summed E-state index contributed by atoms with van der Waals surface area (Å²) in [6.07, 6.45) is 1.20. The minimum absolute atomic E-state index is 0.539. The quantitative estimate of drug-likeness (QED) is 0.835. The van der Waals surface area contributed by atoms with Crippen molar-refractivity contribution >= 4 is 17.8 Å². The van der Waals surface area contributed by atoms with Crippen LogP contribution in [0.2, 0.25) is 0 Å². The third-order valence-electron chi connectivity index (χ3n) is 2.74. The molecule has 0 radical (unpaired) electrons. The zero-order valence-electron chi connectivity index (χ0n) is 9.77. The maximum Gasteiger partial charge on any atom is 0.318 e. The van der Waals surface area contributed by atoms with E-state index in [1.54, 1.807) is 0 Å². The van der Waals surface area contributed by atoms with E-state index >= 15 is 0 Å². The van der Waals surface area contributed by atoms with E-state index in [9.17, 15) is 0 Å². The molecule has 1 N–H and O–H groups in total. The molecule has 1 aromatic rings. The van der Waals surface area contributed by atoms with Crippen LogP contribution in [0.5, 0.6) is 0 Å². The molecule has 0 aliphatic carbocycles. The van der Waals surface area contributed by atoms with Crippen molar-refractivity contribution in [2.24, 2.45) is 0 Å². The number of hydrogen-bond acceptors (Lipinski definition) is 6. The first kappa shape index (κ1) is 11.7. The molecule has 2 heterocycles. The molecule has 2 rings (SSSR count). The van der Waals surface area contributed by atoms with Gasteiger partial charge in [0.05, 0.1) is 6.54 Å². The lowest BCUT2D eigenvalue weighted by Gasteiger charge is -2.20. The third kappa shape index (κ3) is 2.68. The lowest BCUT2D eigenvalue weighted by atomic mass is 10.2. The van der Waals surface area contributed by atoms with E-state index < -0.39 is 0 Å². The molecule has 1 aliphatic heterocycles. The highest BCUT2D eigenvalue weighted by molar-refractivity contribution is 7.99. The summed E-state index contributed by atoms with van der Waals surface area (Å²) in [4.78, 5) is 2.10. The van der Waals surface area contributed by atoms with Crippen LogP contribution in [0.1, 0.15) is 19.2 Å². The second-order valence-electron chi connectivity index (χ2n) is 3.89. The first-order valence-electron chi connectivity index (χ1n) is 5.65. The molecule has 16 heavy (non-hydrogen) atoms. The second-order valence-corrected chi connectivity index (χ2v) is 5.04. The Balaban J connectivity index is 1.94. The third-order valence-corrected chi connectivity index (χ3v) is 3.88. The highest BCUT2D eigenvalue weighted by atomic mass is 32.2. The van der Waals surface area contributed by atoms with Crippen LogP contribution in [0.15, 0.2) is 4.42 Å². The Kier molecular flexibility index (Phi) is 4.06. The van der Waals surface area contributed by atoms with E-state index in [-0.39, 0.29) is 0 Å². The molecular weight excluding hydrogens is 224 g/mol. The summed E-state index contributed by atoms with van der Waals surface area (Å²) < 4.78 is 5.59. The van der Waals surface area contributed by atoms with Crippen LogP contribution >= 0.6 is 11.8 Å². The average molecular weight is 242 g/mol. The van der Waals surface area contributed by atoms with Crippen LogP contribution in [0.3, 0.4) is 0 Å². The Morgan fingerprint density at radius 2 is 2.44 bits per heavy atom. The molecule has 0 amide bonds. The van der Waals surface area contributed by atoms with Crippen LogP contribution in [-0.2, 0) is 6.54 Å². The molecule has 1 atom stereocenters. The van der Waals surface area contributed by atoms with E-state index in [4.69, 9.17) is 4.42 Å². The number of aromatic nitrogens is 2. The lowest BCUT2D eigenvalue weighted by molar-refractivity contribution is 0.460. The van der Waals surface area contributed by atoms with Crippen molar-refractivity contribution in [1.82, 2.24) is 15.5 Å². The maximum absolute atomic E-state index is 5.59. The topological polar surface area (TPSA) is 54.2 Å². The SMILES string of the molecule is CCNCc1nnc(N(C)C2CCSC2)o1. The molecule has 6 heteroatoms. The van der Waals surface area contributed by atoms with Crippen LogP contribution < -0.4 is 10.2 Å². The monoisotopic (exact) mass is 242 g/mol. The Morgan fingerprint density at radius 3 is 3.12 bits per heavy atom. The molecule has 0 spiro atoms. The molecule has 90 valence electrons. The smallest absolute Gasteiger partial charge is 0.318 e. The van der Waals surface area contributed by atoms with Gasteiger partial charge in [-0.15, -0.1) is 5.10 Å². The van der Waals surface area contributed by atoms with Crippen molar-refractivity contribution in [2.75, 3.05) is 30.0 Å². The van der Waals surface area contributed by atoms with Gasteiger partial charge in [-0.25, -0.2) is 0 Å². The summed E-state index contributed by atoms with van der Waals surface area (Å²) >= 11 is 1.98. The van der Waals surface area contributed by atoms with Crippen LogP contribution in [-0.4, -0.2) is 41.3 Å². The van der Waals surface area contributed by atoms with Gasteiger partial charge in [-0.1, -0.05) is 12.0 Å². The second kappa shape index (κ2) is 5.54. The molecule has 0 saturated carbocycles. The summed E-state index contributed by atoms with van der Waals surface area (Å²) in [7, 11) is 2.03. The van der Waals surface area contributed by atoms with E-state index in [1.807, 2.05) is 18.8 Å². The molecule has 1 aromatic heterocycles. The Morgan fingerprint density at radius 1 is 1.56 bits per heavy atom. The molecule has 1 aliphatic rings. The fourth-order valence-electron chi connectivity index (χ4n) is 1.67. The van der Waals surface area contributed by atoms with Crippen LogP contribution in [0.4, 0.5) is 6.01 Å². The number of nitrogens with one attached hydrogen (secondary N) is 1. The number of nitrogens with zero attached hydrogens (tertiary/aromatic N) is 3. The standard InChI is InChI=1S/C10H18N4OS/c1-3-11-6-9-12-13-10(15-9)14(2)8-4-5-16-7-8/h8,11H,3-7H2,1-2H3. The lowest BCUT2D eigenvalue weighted by Crippen LogP contribution is -2.31. The van der Waals surface area contributed by atoms with Crippen molar-refractivity contribution in [2.45, 2.75) is 25.9 Å². The van der Waals surface area contributed by atoms with Crippen molar-refractivity contribution in [3.05, 3.63) is 5.89 Å². The van der Waals surface area contributed by atoms with Crippen molar-refractivity contribution in [3.8, 4) is 0 Å². The molecule has 5 nitrogen and oxygen atoms in total. The minimum atomic E-state index is 0.539. The van der Waals surface area contributed by atoms with E-state index in [0.717, 1.165) is 12.3 Å². The van der Waals surface area contributed by atoms with E-state index in [1.165, 1.54) is 12.2 Å². The van der Waals surface area contributed by atoms with Crippen molar-refractivity contribution < 1.29 is 4.42 Å². The normalized spacial score (nSPS) is 20.2. The molecule has 1 saturated heterocycles. The molecular formula is C10H18N4OS. The van der Waals surface area contributed by atoms with Gasteiger partial charge in [-0.2, -0.15) is 11.8 Å². The Hall–Kier alpha value is -0.750. The fourth-order valence-corrected chi connectivity index (χ4v) is 2.94. The number of thioether (sulfide) groups is 1. The maximum atomic E-state index is 5.59. The number of hydrogen-bond donors (Lipinski definition) is 1.